The highest BCUT2D eigenvalue weighted by molar-refractivity contribution is 6.03. The lowest BCUT2D eigenvalue weighted by atomic mass is 10.0. The van der Waals surface area contributed by atoms with Crippen molar-refractivity contribution in [2.45, 2.75) is 0 Å². The Morgan fingerprint density at radius 2 is 1.47 bits per heavy atom. The third kappa shape index (κ3) is 2.68. The van der Waals surface area contributed by atoms with Gasteiger partial charge in [0.15, 0.2) is 5.82 Å². The molecule has 8 rings (SSSR count). The van der Waals surface area contributed by atoms with Crippen molar-refractivity contribution < 1.29 is 8.83 Å². The van der Waals surface area contributed by atoms with Gasteiger partial charge in [-0.15, -0.1) is 0 Å². The van der Waals surface area contributed by atoms with E-state index in [1.807, 2.05) is 54.9 Å². The molecule has 1 aliphatic carbocycles. The fraction of sp³-hybridized carbons (Fsp3) is 0. The third-order valence-electron chi connectivity index (χ3n) is 6.90. The summed E-state index contributed by atoms with van der Waals surface area (Å²) in [5, 5.41) is 9.18. The number of hydrogen-bond donors (Lipinski definition) is 0. The smallest absolute Gasteiger partial charge is 0.230 e. The summed E-state index contributed by atoms with van der Waals surface area (Å²) in [5.41, 5.74) is 3.12. The lowest BCUT2D eigenvalue weighted by Gasteiger charge is -2.03. The van der Waals surface area contributed by atoms with Crippen molar-refractivity contribution in [1.29, 1.82) is 0 Å². The number of pyridine rings is 1. The summed E-state index contributed by atoms with van der Waals surface area (Å²) in [6.07, 6.45) is 5.43. The predicted octanol–water partition coefficient (Wildman–Crippen LogP) is 6.49. The van der Waals surface area contributed by atoms with Gasteiger partial charge in [0, 0.05) is 44.2 Å². The minimum absolute atomic E-state index is 0.583. The number of hydrogen-bond acceptors (Lipinski definition) is 5. The molecular formula is C31H17N3O2. The Balaban J connectivity index is 1.55. The van der Waals surface area contributed by atoms with E-state index in [-0.39, 0.29) is 0 Å². The van der Waals surface area contributed by atoms with Crippen LogP contribution in [0, 0.1) is 42.1 Å². The molecule has 0 aliphatic heterocycles. The second-order valence-electron chi connectivity index (χ2n) is 8.88. The number of rotatable bonds is 1. The van der Waals surface area contributed by atoms with Gasteiger partial charge in [0.2, 0.25) is 5.71 Å². The first kappa shape index (κ1) is 19.3. The van der Waals surface area contributed by atoms with Crippen molar-refractivity contribution in [3.63, 3.8) is 0 Å². The second kappa shape index (κ2) is 7.23. The molecule has 168 valence electrons. The van der Waals surface area contributed by atoms with Crippen molar-refractivity contribution in [2.24, 2.45) is 0 Å². The molecule has 5 heteroatoms. The maximum absolute atomic E-state index is 6.05. The van der Waals surface area contributed by atoms with Gasteiger partial charge in [0.1, 0.15) is 11.0 Å². The fourth-order valence-corrected chi connectivity index (χ4v) is 5.25. The number of benzene rings is 3. The molecule has 0 N–H and O–H groups in total. The largest absolute Gasteiger partial charge is 0.464 e. The Kier molecular flexibility index (Phi) is 3.88. The number of furan rings is 2. The Hall–Kier alpha value is -5.03. The molecule has 0 saturated heterocycles. The van der Waals surface area contributed by atoms with E-state index in [0.29, 0.717) is 11.5 Å². The highest BCUT2D eigenvalue weighted by Crippen LogP contribution is 2.28. The Labute approximate surface area is 203 Å². The van der Waals surface area contributed by atoms with E-state index in [9.17, 15) is 0 Å². The average Bonchev–Trinajstić information content (AvgIpc) is 3.56. The Morgan fingerprint density at radius 1 is 0.611 bits per heavy atom. The van der Waals surface area contributed by atoms with E-state index in [0.717, 1.165) is 64.0 Å². The fourth-order valence-electron chi connectivity index (χ4n) is 5.25. The summed E-state index contributed by atoms with van der Waals surface area (Å²) in [7, 11) is 0. The van der Waals surface area contributed by atoms with E-state index in [2.05, 4.69) is 42.5 Å². The molecule has 0 amide bonds. The maximum atomic E-state index is 6.05. The van der Waals surface area contributed by atoms with Gasteiger partial charge in [0.25, 0.3) is 0 Å². The average molecular weight is 463 g/mol. The van der Waals surface area contributed by atoms with E-state index < -0.39 is 0 Å². The Bertz CT molecular complexity index is 2390. The van der Waals surface area contributed by atoms with E-state index >= 15 is 0 Å². The second-order valence-corrected chi connectivity index (χ2v) is 8.88. The number of fused-ring (bicyclic) bond motifs is 7. The van der Waals surface area contributed by atoms with Crippen molar-refractivity contribution in [2.75, 3.05) is 0 Å². The summed E-state index contributed by atoms with van der Waals surface area (Å²) >= 11 is 0. The molecule has 0 fully saturated rings. The zero-order chi connectivity index (χ0) is 23.6. The van der Waals surface area contributed by atoms with Gasteiger partial charge < -0.3 is 8.83 Å². The lowest BCUT2D eigenvalue weighted by molar-refractivity contribution is 0.533. The predicted molar refractivity (Wildman–Crippen MR) is 135 cm³/mol. The van der Waals surface area contributed by atoms with Crippen LogP contribution in [0.4, 0.5) is 0 Å². The first-order chi connectivity index (χ1) is 17.8. The summed E-state index contributed by atoms with van der Waals surface area (Å²) in [6.45, 7) is 0. The number of para-hydroxylation sites is 1. The van der Waals surface area contributed by atoms with Crippen LogP contribution in [0.2, 0.25) is 0 Å². The van der Waals surface area contributed by atoms with Crippen LogP contribution in [-0.2, 0) is 0 Å². The van der Waals surface area contributed by atoms with E-state index in [4.69, 9.17) is 23.8 Å². The zero-order valence-corrected chi connectivity index (χ0v) is 19.0. The summed E-state index contributed by atoms with van der Waals surface area (Å²) in [5.74, 6) is 0.613. The van der Waals surface area contributed by atoms with Gasteiger partial charge in [-0.3, -0.25) is 4.98 Å². The topological polar surface area (TPSA) is 65.0 Å². The van der Waals surface area contributed by atoms with Gasteiger partial charge >= 0.3 is 0 Å². The van der Waals surface area contributed by atoms with Crippen molar-refractivity contribution >= 4 is 22.1 Å². The lowest BCUT2D eigenvalue weighted by Crippen LogP contribution is -1.92. The van der Waals surface area contributed by atoms with Crippen LogP contribution >= 0.6 is 0 Å². The van der Waals surface area contributed by atoms with Crippen molar-refractivity contribution in [1.82, 2.24) is 15.0 Å². The van der Waals surface area contributed by atoms with E-state index in [1.165, 1.54) is 0 Å². The third-order valence-corrected chi connectivity index (χ3v) is 6.90. The molecule has 0 saturated carbocycles. The van der Waals surface area contributed by atoms with Crippen molar-refractivity contribution in [3.8, 4) is 11.4 Å². The molecule has 0 unspecified atom stereocenters. The minimum Gasteiger partial charge on any atom is -0.464 e. The maximum Gasteiger partial charge on any atom is 0.230 e. The molecule has 1 aliphatic rings. The zero-order valence-electron chi connectivity index (χ0n) is 19.0. The molecule has 7 aromatic rings. The quantitative estimate of drug-likeness (QED) is 0.278. The molecule has 3 aromatic carbocycles. The highest BCUT2D eigenvalue weighted by atomic mass is 16.3. The van der Waals surface area contributed by atoms with Crippen LogP contribution in [-0.4, -0.2) is 15.0 Å². The van der Waals surface area contributed by atoms with E-state index in [1.54, 1.807) is 6.26 Å². The molecule has 0 spiro atoms. The van der Waals surface area contributed by atoms with Crippen LogP contribution in [0.25, 0.3) is 33.5 Å². The SMILES string of the molecule is c1ccc2/c(c1)=c1/cc(-c3ncc4c(n3)oc3ccccc34)cc/c1=c1\occ\c1=c1/cccn/c1=2. The normalized spacial score (nSPS) is 15.9. The molecule has 5 nitrogen and oxygen atoms in total. The molecule has 0 bridgehead atoms. The monoisotopic (exact) mass is 463 g/mol. The standard InChI is InChI=1S/C31H17N3O2/c1-2-8-21-19(6-1)25-16-18(30-33-17-26-20-7-3-4-10-27(20)36-31(26)34-30)11-12-23(25)29-24(13-15-35-29)22-9-5-14-32-28(21)22/h1-17H/b24-22-,25-19-,28-21+,29-23+. The van der Waals surface area contributed by atoms with Crippen molar-refractivity contribution in [3.05, 3.63) is 146 Å². The molecule has 0 atom stereocenters. The summed E-state index contributed by atoms with van der Waals surface area (Å²) in [4.78, 5) is 14.3. The number of aromatic nitrogens is 3. The minimum atomic E-state index is 0.583. The number of nitrogens with zero attached hydrogens (tertiary/aromatic N) is 3. The van der Waals surface area contributed by atoms with Crippen LogP contribution in [0.3, 0.4) is 0 Å². The van der Waals surface area contributed by atoms with Gasteiger partial charge in [-0.1, -0.05) is 54.6 Å². The van der Waals surface area contributed by atoms with Gasteiger partial charge in [-0.05, 0) is 40.8 Å². The first-order valence-corrected chi connectivity index (χ1v) is 11.8. The van der Waals surface area contributed by atoms with Crippen LogP contribution in [0.1, 0.15) is 0 Å². The van der Waals surface area contributed by atoms with Crippen LogP contribution in [0.15, 0.2) is 112 Å². The van der Waals surface area contributed by atoms with Gasteiger partial charge in [0.05, 0.1) is 17.0 Å². The van der Waals surface area contributed by atoms with Crippen LogP contribution < -0.4 is 0 Å². The molecule has 4 heterocycles. The summed E-state index contributed by atoms with van der Waals surface area (Å²) in [6, 6.07) is 28.7. The molecular weight excluding hydrogens is 446 g/mol. The van der Waals surface area contributed by atoms with Gasteiger partial charge in [-0.2, -0.15) is 4.98 Å². The van der Waals surface area contributed by atoms with Crippen LogP contribution in [0.5, 0.6) is 0 Å². The Morgan fingerprint density at radius 3 is 2.44 bits per heavy atom. The van der Waals surface area contributed by atoms with Gasteiger partial charge in [-0.25, -0.2) is 4.98 Å². The molecule has 4 aromatic heterocycles. The molecule has 0 radical (unpaired) electrons. The first-order valence-electron chi connectivity index (χ1n) is 11.8. The molecule has 36 heavy (non-hydrogen) atoms. The summed E-state index contributed by atoms with van der Waals surface area (Å²) < 4.78 is 12.1. The highest BCUT2D eigenvalue weighted by Gasteiger charge is 2.11.